The minimum atomic E-state index is -4.41. The summed E-state index contributed by atoms with van der Waals surface area (Å²) in [4.78, 5) is 74.0. The number of hydrogen-bond acceptors (Lipinski definition) is 14. The van der Waals surface area contributed by atoms with Crippen LogP contribution in [0.4, 0.5) is 18.3 Å². The van der Waals surface area contributed by atoms with Gasteiger partial charge in [0, 0.05) is 35.1 Å². The van der Waals surface area contributed by atoms with Gasteiger partial charge in [0.1, 0.15) is 22.8 Å². The van der Waals surface area contributed by atoms with Crippen LogP contribution in [-0.2, 0) is 24.0 Å². The molecule has 3 atom stereocenters. The SMILES string of the molecule is Nc1nc(/C(=N/OC(C(=O)O)C2CCC(C(F)(F)F)CC2)C(=O)N[C@@H]2C(=O)N3C(C(=O)O)=C(CSCCNC(=O)c4ccc(O)c(O)c4Cl)CS[C@H]23)cs1. The Hall–Kier alpha value is -4.41. The summed E-state index contributed by atoms with van der Waals surface area (Å²) >= 11 is 9.31. The molecule has 5 rings (SSSR count). The fourth-order valence-corrected chi connectivity index (χ4v) is 9.20. The molecule has 3 amide bonds. The summed E-state index contributed by atoms with van der Waals surface area (Å²) in [7, 11) is 0. The lowest BCUT2D eigenvalue weighted by molar-refractivity contribution is -0.187. The van der Waals surface area contributed by atoms with Gasteiger partial charge >= 0.3 is 18.1 Å². The number of alkyl halides is 3. The van der Waals surface area contributed by atoms with Crippen LogP contribution in [0.25, 0.3) is 0 Å². The predicted molar refractivity (Wildman–Crippen MR) is 191 cm³/mol. The number of nitrogen functional groups attached to an aromatic ring is 1. The molecule has 1 aromatic heterocycles. The number of rotatable bonds is 14. The highest BCUT2D eigenvalue weighted by atomic mass is 35.5. The molecule has 3 aliphatic rings. The Bertz CT molecular complexity index is 1890. The molecule has 1 saturated heterocycles. The van der Waals surface area contributed by atoms with Crippen LogP contribution in [0.5, 0.6) is 11.5 Å². The number of nitrogens with one attached hydrogen (secondary N) is 2. The average Bonchev–Trinajstić information content (AvgIpc) is 3.55. The molecular weight excluding hydrogens is 805 g/mol. The number of hydrogen-bond donors (Lipinski definition) is 7. The van der Waals surface area contributed by atoms with E-state index in [1.54, 1.807) is 0 Å². The molecule has 2 aliphatic heterocycles. The van der Waals surface area contributed by atoms with Gasteiger partial charge in [0.2, 0.25) is 6.10 Å². The van der Waals surface area contributed by atoms with Gasteiger partial charge in [-0.25, -0.2) is 14.6 Å². The summed E-state index contributed by atoms with van der Waals surface area (Å²) in [6.45, 7) is 0.133. The van der Waals surface area contributed by atoms with Gasteiger partial charge in [-0.1, -0.05) is 16.8 Å². The summed E-state index contributed by atoms with van der Waals surface area (Å²) in [5.74, 6) is -8.08. The molecule has 23 heteroatoms. The molecular formula is C31H32ClF3N6O10S3. The maximum absolute atomic E-state index is 13.5. The number of phenolic OH excluding ortho intramolecular Hbond substituents is 2. The number of β-lactam (4-membered cyclic amide) rings is 1. The van der Waals surface area contributed by atoms with Gasteiger partial charge < -0.3 is 41.6 Å². The minimum absolute atomic E-state index is 0.0190. The van der Waals surface area contributed by atoms with E-state index in [9.17, 15) is 57.6 Å². The monoisotopic (exact) mass is 836 g/mol. The van der Waals surface area contributed by atoms with E-state index in [1.807, 2.05) is 0 Å². The minimum Gasteiger partial charge on any atom is -0.504 e. The number of fused-ring (bicyclic) bond motifs is 1. The van der Waals surface area contributed by atoms with Crippen molar-refractivity contribution in [2.75, 3.05) is 29.5 Å². The van der Waals surface area contributed by atoms with Crippen LogP contribution >= 0.6 is 46.5 Å². The number of anilines is 1. The molecule has 54 heavy (non-hydrogen) atoms. The number of thioether (sulfide) groups is 2. The highest BCUT2D eigenvalue weighted by molar-refractivity contribution is 8.01. The second-order valence-corrected chi connectivity index (χ2v) is 15.7. The Kier molecular flexibility index (Phi) is 12.8. The largest absolute Gasteiger partial charge is 0.504 e. The first kappa shape index (κ1) is 40.8. The van der Waals surface area contributed by atoms with Crippen molar-refractivity contribution in [2.45, 2.75) is 49.4 Å². The Labute approximate surface area is 321 Å². The fourth-order valence-electron chi connectivity index (χ4n) is 6.05. The number of benzene rings is 1. The molecule has 0 spiro atoms. The Morgan fingerprint density at radius 2 is 1.87 bits per heavy atom. The second-order valence-electron chi connectivity index (χ2n) is 12.3. The van der Waals surface area contributed by atoms with E-state index in [1.165, 1.54) is 35.0 Å². The van der Waals surface area contributed by atoms with Gasteiger partial charge in [0.25, 0.3) is 17.7 Å². The maximum atomic E-state index is 13.5. The average molecular weight is 837 g/mol. The van der Waals surface area contributed by atoms with Gasteiger partial charge in [-0.05, 0) is 43.4 Å². The number of halogens is 4. The lowest BCUT2D eigenvalue weighted by Gasteiger charge is -2.49. The summed E-state index contributed by atoms with van der Waals surface area (Å²) < 4.78 is 39.5. The number of carbonyl (C=O) groups is 5. The number of carboxylic acid groups (broad SMARTS) is 2. The molecule has 2 aromatic rings. The molecule has 2 fully saturated rings. The number of oxime groups is 1. The lowest BCUT2D eigenvalue weighted by Crippen LogP contribution is -2.71. The van der Waals surface area contributed by atoms with Crippen molar-refractivity contribution in [3.63, 3.8) is 0 Å². The smallest absolute Gasteiger partial charge is 0.391 e. The molecule has 8 N–H and O–H groups in total. The fraction of sp³-hybridized carbons (Fsp3) is 0.452. The van der Waals surface area contributed by atoms with E-state index >= 15 is 0 Å². The van der Waals surface area contributed by atoms with Crippen LogP contribution in [0, 0.1) is 11.8 Å². The van der Waals surface area contributed by atoms with Gasteiger partial charge in [0.05, 0.1) is 16.5 Å². The first-order valence-corrected chi connectivity index (χ1v) is 19.5. The predicted octanol–water partition coefficient (Wildman–Crippen LogP) is 3.23. The van der Waals surface area contributed by atoms with Crippen molar-refractivity contribution in [2.24, 2.45) is 17.0 Å². The topological polar surface area (TPSA) is 254 Å². The number of amides is 3. The number of aliphatic carboxylic acids is 2. The van der Waals surface area contributed by atoms with Crippen LogP contribution in [-0.4, -0.2) is 113 Å². The summed E-state index contributed by atoms with van der Waals surface area (Å²) in [5.41, 5.74) is 5.16. The molecule has 3 heterocycles. The van der Waals surface area contributed by atoms with E-state index in [0.717, 1.165) is 22.3 Å². The summed E-state index contributed by atoms with van der Waals surface area (Å²) in [6.07, 6.45) is -6.90. The van der Waals surface area contributed by atoms with Crippen LogP contribution in [0.1, 0.15) is 41.7 Å². The van der Waals surface area contributed by atoms with Crippen molar-refractivity contribution in [3.8, 4) is 11.5 Å². The number of nitrogens with zero attached hydrogens (tertiary/aromatic N) is 3. The first-order chi connectivity index (χ1) is 25.5. The quantitative estimate of drug-likeness (QED) is 0.0475. The zero-order valence-electron chi connectivity index (χ0n) is 27.7. The highest BCUT2D eigenvalue weighted by Crippen LogP contribution is 2.42. The van der Waals surface area contributed by atoms with E-state index in [0.29, 0.717) is 11.3 Å². The Morgan fingerprint density at radius 1 is 1.17 bits per heavy atom. The van der Waals surface area contributed by atoms with E-state index < -0.39 is 82.4 Å². The van der Waals surface area contributed by atoms with E-state index in [-0.39, 0.29) is 70.8 Å². The first-order valence-electron chi connectivity index (χ1n) is 16.0. The summed E-state index contributed by atoms with van der Waals surface area (Å²) in [6, 6.07) is 1.13. The number of thiazole rings is 1. The van der Waals surface area contributed by atoms with Crippen LogP contribution in [0.2, 0.25) is 5.02 Å². The number of carbonyl (C=O) groups excluding carboxylic acids is 3. The standard InChI is InChI=1S/C31H32ClF3N6O10S3/c32-18-15(5-6-17(42)22(18)43)24(44)37-7-8-52-9-13-10-53-27-20(26(46)41(27)21(13)28(47)48)39-25(45)19(16-11-54-30(36)38-16)40-51-23(29(49)50)12-1-3-14(4-2-12)31(33,34)35/h5-6,11-12,14,20,23,27,42-43H,1-4,7-10H2,(H2,36,38)(H,37,44)(H,39,45)(H,47,48)(H,49,50)/b40-19-/t12?,14?,20-,23?,27-/m1/s1. The zero-order chi connectivity index (χ0) is 39.5. The van der Waals surface area contributed by atoms with Gasteiger partial charge in [-0.2, -0.15) is 24.9 Å². The second kappa shape index (κ2) is 16.9. The molecule has 1 unspecified atom stereocenters. The molecule has 0 bridgehead atoms. The van der Waals surface area contributed by atoms with E-state index in [4.69, 9.17) is 22.2 Å². The number of carboxylic acids is 2. The third-order valence-electron chi connectivity index (χ3n) is 8.83. The van der Waals surface area contributed by atoms with Gasteiger partial charge in [-0.15, -0.1) is 23.1 Å². The number of phenols is 2. The molecule has 292 valence electrons. The van der Waals surface area contributed by atoms with Crippen molar-refractivity contribution in [3.05, 3.63) is 45.1 Å². The molecule has 1 aliphatic carbocycles. The highest BCUT2D eigenvalue weighted by Gasteiger charge is 2.54. The van der Waals surface area contributed by atoms with Gasteiger partial charge in [0.15, 0.2) is 22.3 Å². The molecule has 0 radical (unpaired) electrons. The van der Waals surface area contributed by atoms with Crippen LogP contribution < -0.4 is 16.4 Å². The molecule has 1 aromatic carbocycles. The lowest BCUT2D eigenvalue weighted by atomic mass is 9.79. The Balaban J connectivity index is 1.21. The van der Waals surface area contributed by atoms with Crippen LogP contribution in [0.3, 0.4) is 0 Å². The maximum Gasteiger partial charge on any atom is 0.391 e. The van der Waals surface area contributed by atoms with E-state index in [2.05, 4.69) is 20.8 Å². The van der Waals surface area contributed by atoms with Crippen molar-refractivity contribution in [1.82, 2.24) is 20.5 Å². The number of aromatic nitrogens is 1. The number of aromatic hydroxyl groups is 2. The molecule has 16 nitrogen and oxygen atoms in total. The van der Waals surface area contributed by atoms with Crippen molar-refractivity contribution in [1.29, 1.82) is 0 Å². The van der Waals surface area contributed by atoms with Gasteiger partial charge in [-0.3, -0.25) is 19.3 Å². The Morgan fingerprint density at radius 3 is 2.48 bits per heavy atom. The summed E-state index contributed by atoms with van der Waals surface area (Å²) in [5, 5.41) is 48.1. The molecule has 1 saturated carbocycles. The van der Waals surface area contributed by atoms with Crippen LogP contribution in [0.15, 0.2) is 33.9 Å². The van der Waals surface area contributed by atoms with Crippen molar-refractivity contribution < 1.29 is 62.4 Å². The third kappa shape index (κ3) is 8.92. The number of nitrogens with two attached hydrogens (primary N) is 1. The zero-order valence-corrected chi connectivity index (χ0v) is 30.9. The van der Waals surface area contributed by atoms with Crippen molar-refractivity contribution >= 4 is 87.0 Å². The third-order valence-corrected chi connectivity index (χ3v) is 12.3. The normalized spacial score (nSPS) is 22.2.